The lowest BCUT2D eigenvalue weighted by Crippen LogP contribution is -2.40. The third-order valence-corrected chi connectivity index (χ3v) is 6.31. The maximum Gasteiger partial charge on any atom is 0.159 e. The molecule has 1 aromatic heterocycles. The molecular weight excluding hydrogens is 415 g/mol. The predicted octanol–water partition coefficient (Wildman–Crippen LogP) is 4.68. The van der Waals surface area contributed by atoms with Gasteiger partial charge in [-0.05, 0) is 80.7 Å². The summed E-state index contributed by atoms with van der Waals surface area (Å²) in [4.78, 5) is 14.1. The monoisotopic (exact) mass is 448 g/mol. The zero-order valence-electron chi connectivity index (χ0n) is 19.6. The van der Waals surface area contributed by atoms with Gasteiger partial charge in [0.15, 0.2) is 5.82 Å². The van der Waals surface area contributed by atoms with Crippen molar-refractivity contribution in [3.05, 3.63) is 77.9 Å². The number of piperidine rings is 1. The van der Waals surface area contributed by atoms with Crippen molar-refractivity contribution in [2.45, 2.75) is 25.8 Å². The van der Waals surface area contributed by atoms with E-state index in [1.165, 1.54) is 18.4 Å². The van der Waals surface area contributed by atoms with Crippen LogP contribution in [0, 0.1) is 11.7 Å². The Morgan fingerprint density at radius 2 is 1.76 bits per heavy atom. The van der Waals surface area contributed by atoms with E-state index in [-0.39, 0.29) is 5.82 Å². The van der Waals surface area contributed by atoms with E-state index in [2.05, 4.69) is 26.8 Å². The van der Waals surface area contributed by atoms with Crippen LogP contribution in [0.5, 0.6) is 5.75 Å². The summed E-state index contributed by atoms with van der Waals surface area (Å²) < 4.78 is 18.3. The summed E-state index contributed by atoms with van der Waals surface area (Å²) in [6.07, 6.45) is 7.34. The minimum Gasteiger partial charge on any atom is -0.497 e. The Balaban J connectivity index is 1.24. The quantitative estimate of drug-likeness (QED) is 0.476. The average Bonchev–Trinajstić information content (AvgIpc) is 2.84. The Labute approximate surface area is 196 Å². The van der Waals surface area contributed by atoms with Crippen LogP contribution in [0.15, 0.2) is 60.9 Å². The normalized spacial score (nSPS) is 16.8. The SMILES string of the molecule is COc1ccc(-c2ncc(CN(C)C[C@H]3CCCN(CCc4ccc(F)cc4)C3)cn2)cc1. The first-order valence-electron chi connectivity index (χ1n) is 11.7. The summed E-state index contributed by atoms with van der Waals surface area (Å²) in [6, 6.07) is 14.7. The Morgan fingerprint density at radius 1 is 1.03 bits per heavy atom. The molecule has 174 valence electrons. The van der Waals surface area contributed by atoms with E-state index in [1.54, 1.807) is 19.2 Å². The molecule has 1 atom stereocenters. The fraction of sp³-hybridized carbons (Fsp3) is 0.407. The molecule has 33 heavy (non-hydrogen) atoms. The molecule has 0 amide bonds. The van der Waals surface area contributed by atoms with E-state index >= 15 is 0 Å². The number of rotatable bonds is 9. The van der Waals surface area contributed by atoms with Crippen LogP contribution in [0.3, 0.4) is 0 Å². The van der Waals surface area contributed by atoms with Gasteiger partial charge in [-0.1, -0.05) is 12.1 Å². The molecule has 1 saturated heterocycles. The molecule has 0 unspecified atom stereocenters. The number of hydrogen-bond acceptors (Lipinski definition) is 5. The molecule has 1 fully saturated rings. The van der Waals surface area contributed by atoms with Crippen molar-refractivity contribution < 1.29 is 9.13 Å². The van der Waals surface area contributed by atoms with Gasteiger partial charge in [0.05, 0.1) is 7.11 Å². The fourth-order valence-electron chi connectivity index (χ4n) is 4.58. The highest BCUT2D eigenvalue weighted by Crippen LogP contribution is 2.20. The van der Waals surface area contributed by atoms with Gasteiger partial charge in [-0.15, -0.1) is 0 Å². The van der Waals surface area contributed by atoms with Crippen molar-refractivity contribution >= 4 is 0 Å². The zero-order chi connectivity index (χ0) is 23.0. The van der Waals surface area contributed by atoms with Gasteiger partial charge in [0.2, 0.25) is 0 Å². The maximum absolute atomic E-state index is 13.1. The van der Waals surface area contributed by atoms with E-state index in [1.807, 2.05) is 48.8 Å². The molecule has 0 bridgehead atoms. The summed E-state index contributed by atoms with van der Waals surface area (Å²) in [6.45, 7) is 5.22. The minimum absolute atomic E-state index is 0.166. The fourth-order valence-corrected chi connectivity index (χ4v) is 4.58. The smallest absolute Gasteiger partial charge is 0.159 e. The van der Waals surface area contributed by atoms with Crippen molar-refractivity contribution in [1.82, 2.24) is 19.8 Å². The number of aromatic nitrogens is 2. The molecule has 0 N–H and O–H groups in total. The summed E-state index contributed by atoms with van der Waals surface area (Å²) in [5, 5.41) is 0. The third-order valence-electron chi connectivity index (χ3n) is 6.31. The maximum atomic E-state index is 13.1. The topological polar surface area (TPSA) is 41.5 Å². The summed E-state index contributed by atoms with van der Waals surface area (Å²) in [5.41, 5.74) is 3.31. The number of halogens is 1. The molecule has 6 heteroatoms. The zero-order valence-corrected chi connectivity index (χ0v) is 19.6. The minimum atomic E-state index is -0.166. The highest BCUT2D eigenvalue weighted by Gasteiger charge is 2.21. The van der Waals surface area contributed by atoms with Crippen molar-refractivity contribution in [2.24, 2.45) is 5.92 Å². The highest BCUT2D eigenvalue weighted by molar-refractivity contribution is 5.55. The molecule has 0 saturated carbocycles. The number of nitrogens with zero attached hydrogens (tertiary/aromatic N) is 4. The van der Waals surface area contributed by atoms with Crippen molar-refractivity contribution in [1.29, 1.82) is 0 Å². The van der Waals surface area contributed by atoms with E-state index in [0.29, 0.717) is 5.92 Å². The van der Waals surface area contributed by atoms with Gasteiger partial charge in [0.1, 0.15) is 11.6 Å². The highest BCUT2D eigenvalue weighted by atomic mass is 19.1. The first-order valence-corrected chi connectivity index (χ1v) is 11.7. The van der Waals surface area contributed by atoms with Gasteiger partial charge in [-0.2, -0.15) is 0 Å². The first-order chi connectivity index (χ1) is 16.1. The second kappa shape index (κ2) is 11.3. The molecule has 0 aliphatic carbocycles. The van der Waals surface area contributed by atoms with Gasteiger partial charge in [-0.3, -0.25) is 0 Å². The molecule has 0 radical (unpaired) electrons. The molecule has 4 rings (SSSR count). The molecule has 2 aromatic carbocycles. The standard InChI is InChI=1S/C27H33FN4O/c1-31(19-23-16-29-27(30-17-23)24-7-11-26(33-2)12-8-24)18-22-4-3-14-32(20-22)15-13-21-5-9-25(28)10-6-21/h5-12,16-17,22H,3-4,13-15,18-20H2,1-2H3/t22-/m1/s1. The number of likely N-dealkylation sites (tertiary alicyclic amines) is 1. The van der Waals surface area contributed by atoms with E-state index in [0.717, 1.165) is 61.8 Å². The lowest BCUT2D eigenvalue weighted by molar-refractivity contribution is 0.142. The van der Waals surface area contributed by atoms with Gasteiger partial charge in [0, 0.05) is 49.7 Å². The van der Waals surface area contributed by atoms with Crippen LogP contribution in [0.4, 0.5) is 4.39 Å². The number of hydrogen-bond donors (Lipinski definition) is 0. The van der Waals surface area contributed by atoms with Crippen LogP contribution >= 0.6 is 0 Å². The van der Waals surface area contributed by atoms with Gasteiger partial charge < -0.3 is 14.5 Å². The van der Waals surface area contributed by atoms with Crippen LogP contribution in [0.2, 0.25) is 0 Å². The first kappa shape index (κ1) is 23.3. The number of ether oxygens (including phenoxy) is 1. The number of benzene rings is 2. The Kier molecular flexibility index (Phi) is 8.02. The molecular formula is C27H33FN4O. The lowest BCUT2D eigenvalue weighted by atomic mass is 9.97. The molecule has 3 aromatic rings. The van der Waals surface area contributed by atoms with Crippen LogP contribution < -0.4 is 4.74 Å². The van der Waals surface area contributed by atoms with Crippen LogP contribution in [0.25, 0.3) is 11.4 Å². The largest absolute Gasteiger partial charge is 0.497 e. The predicted molar refractivity (Wildman–Crippen MR) is 130 cm³/mol. The van der Waals surface area contributed by atoms with E-state index < -0.39 is 0 Å². The molecule has 1 aliphatic rings. The average molecular weight is 449 g/mol. The van der Waals surface area contributed by atoms with Crippen LogP contribution in [-0.2, 0) is 13.0 Å². The summed E-state index contributed by atoms with van der Waals surface area (Å²) in [7, 11) is 3.84. The van der Waals surface area contributed by atoms with Crippen LogP contribution in [0.1, 0.15) is 24.0 Å². The third kappa shape index (κ3) is 6.83. The van der Waals surface area contributed by atoms with Crippen molar-refractivity contribution in [3.8, 4) is 17.1 Å². The molecule has 5 nitrogen and oxygen atoms in total. The van der Waals surface area contributed by atoms with Gasteiger partial charge in [0.25, 0.3) is 0 Å². The van der Waals surface area contributed by atoms with E-state index in [4.69, 9.17) is 4.74 Å². The molecule has 0 spiro atoms. The Bertz CT molecular complexity index is 992. The summed E-state index contributed by atoms with van der Waals surface area (Å²) in [5.74, 6) is 2.05. The van der Waals surface area contributed by atoms with Gasteiger partial charge in [-0.25, -0.2) is 14.4 Å². The van der Waals surface area contributed by atoms with E-state index in [9.17, 15) is 4.39 Å². The van der Waals surface area contributed by atoms with Crippen LogP contribution in [-0.4, -0.2) is 60.1 Å². The number of methoxy groups -OCH3 is 1. The van der Waals surface area contributed by atoms with Gasteiger partial charge >= 0.3 is 0 Å². The second-order valence-corrected chi connectivity index (χ2v) is 9.03. The molecule has 1 aliphatic heterocycles. The lowest BCUT2D eigenvalue weighted by Gasteiger charge is -2.34. The second-order valence-electron chi connectivity index (χ2n) is 9.03. The summed E-state index contributed by atoms with van der Waals surface area (Å²) >= 11 is 0. The Morgan fingerprint density at radius 3 is 2.45 bits per heavy atom. The van der Waals surface area contributed by atoms with Crippen molar-refractivity contribution in [2.75, 3.05) is 40.3 Å². The van der Waals surface area contributed by atoms with Crippen molar-refractivity contribution in [3.63, 3.8) is 0 Å². The molecule has 2 heterocycles. The Hall–Kier alpha value is -2.83.